The third-order valence-corrected chi connectivity index (χ3v) is 7.92. The number of anilines is 1. The molecule has 2 heterocycles. The molecule has 1 aromatic heterocycles. The van der Waals surface area contributed by atoms with Crippen LogP contribution in [0.15, 0.2) is 40.6 Å². The van der Waals surface area contributed by atoms with Crippen LogP contribution in [0.2, 0.25) is 0 Å². The molecule has 0 unspecified atom stereocenters. The first-order valence-corrected chi connectivity index (χ1v) is 10.6. The molecule has 1 aliphatic heterocycles. The molecule has 5 nitrogen and oxygen atoms in total. The second kappa shape index (κ2) is 7.46. The van der Waals surface area contributed by atoms with Gasteiger partial charge in [-0.3, -0.25) is 4.79 Å². The Balaban J connectivity index is 1.78. The minimum Gasteiger partial charge on any atom is -0.313 e. The Labute approximate surface area is 157 Å². The molecule has 0 bridgehead atoms. The summed E-state index contributed by atoms with van der Waals surface area (Å²) in [6, 6.07) is 9.45. The number of hydrogen-bond donors (Lipinski definition) is 0. The molecule has 1 fully saturated rings. The maximum Gasteiger partial charge on any atom is 0.252 e. The van der Waals surface area contributed by atoms with Crippen LogP contribution in [0, 0.1) is 18.7 Å². The summed E-state index contributed by atoms with van der Waals surface area (Å²) in [6.07, 6.45) is 1.19. The summed E-state index contributed by atoms with van der Waals surface area (Å²) in [7, 11) is -2.07. The topological polar surface area (TPSA) is 57.7 Å². The fourth-order valence-electron chi connectivity index (χ4n) is 3.16. The molecule has 3 rings (SSSR count). The highest BCUT2D eigenvalue weighted by atomic mass is 32.2. The van der Waals surface area contributed by atoms with Crippen molar-refractivity contribution in [3.63, 3.8) is 0 Å². The number of piperidine rings is 1. The largest absolute Gasteiger partial charge is 0.313 e. The summed E-state index contributed by atoms with van der Waals surface area (Å²) in [5.41, 5.74) is 0.200. The van der Waals surface area contributed by atoms with Crippen LogP contribution in [-0.4, -0.2) is 38.8 Å². The average molecular weight is 397 g/mol. The van der Waals surface area contributed by atoms with Gasteiger partial charge in [0.15, 0.2) is 0 Å². The quantitative estimate of drug-likeness (QED) is 0.797. The van der Waals surface area contributed by atoms with Crippen LogP contribution in [0.25, 0.3) is 0 Å². The van der Waals surface area contributed by atoms with Gasteiger partial charge in [-0.15, -0.1) is 11.3 Å². The number of rotatable bonds is 4. The molecule has 1 aromatic carbocycles. The van der Waals surface area contributed by atoms with Gasteiger partial charge in [-0.25, -0.2) is 12.8 Å². The molecule has 1 saturated heterocycles. The maximum absolute atomic E-state index is 14.0. The summed E-state index contributed by atoms with van der Waals surface area (Å²) < 4.78 is 41.3. The minimum absolute atomic E-state index is 0.122. The molecule has 0 saturated carbocycles. The number of sulfonamides is 1. The standard InChI is InChI=1S/C18H21FN2O3S2/c1-13-9-10-17(25-13)26(23,24)21-11-5-6-14(12-21)18(22)20(2)16-8-4-3-7-15(16)19/h3-4,7-10,14H,5-6,11-12H2,1-2H3/t14-/m1/s1. The third kappa shape index (κ3) is 3.67. The summed E-state index contributed by atoms with van der Waals surface area (Å²) in [6.45, 7) is 2.37. The minimum atomic E-state index is -3.60. The zero-order valence-corrected chi connectivity index (χ0v) is 16.3. The molecule has 1 atom stereocenters. The van der Waals surface area contributed by atoms with Crippen molar-refractivity contribution in [1.29, 1.82) is 0 Å². The maximum atomic E-state index is 14.0. The van der Waals surface area contributed by atoms with E-state index in [2.05, 4.69) is 0 Å². The van der Waals surface area contributed by atoms with E-state index in [9.17, 15) is 17.6 Å². The van der Waals surface area contributed by atoms with E-state index in [1.807, 2.05) is 6.92 Å². The van der Waals surface area contributed by atoms with Gasteiger partial charge in [-0.1, -0.05) is 12.1 Å². The molecule has 2 aromatic rings. The number of carbonyl (C=O) groups is 1. The van der Waals surface area contributed by atoms with Crippen molar-refractivity contribution in [3.8, 4) is 0 Å². The number of hydrogen-bond acceptors (Lipinski definition) is 4. The van der Waals surface area contributed by atoms with Crippen molar-refractivity contribution in [3.05, 3.63) is 47.1 Å². The molecule has 8 heteroatoms. The van der Waals surface area contributed by atoms with Crippen LogP contribution in [0.3, 0.4) is 0 Å². The van der Waals surface area contributed by atoms with E-state index in [-0.39, 0.29) is 18.1 Å². The number of benzene rings is 1. The third-order valence-electron chi connectivity index (χ3n) is 4.59. The number of aryl methyl sites for hydroxylation is 1. The molecule has 0 spiro atoms. The second-order valence-corrected chi connectivity index (χ2v) is 9.87. The number of thiophene rings is 1. The summed E-state index contributed by atoms with van der Waals surface area (Å²) >= 11 is 1.23. The zero-order chi connectivity index (χ0) is 18.9. The Hall–Kier alpha value is -1.77. The lowest BCUT2D eigenvalue weighted by molar-refractivity contribution is -0.123. The van der Waals surface area contributed by atoms with Gasteiger partial charge in [0.25, 0.3) is 10.0 Å². The Bertz CT molecular complexity index is 911. The van der Waals surface area contributed by atoms with Crippen LogP contribution >= 0.6 is 11.3 Å². The van der Waals surface area contributed by atoms with Crippen molar-refractivity contribution in [2.24, 2.45) is 5.92 Å². The monoisotopic (exact) mass is 396 g/mol. The van der Waals surface area contributed by atoms with E-state index in [0.29, 0.717) is 23.6 Å². The molecular formula is C18H21FN2O3S2. The number of para-hydroxylation sites is 1. The van der Waals surface area contributed by atoms with E-state index in [0.717, 1.165) is 4.88 Å². The highest BCUT2D eigenvalue weighted by Gasteiger charge is 2.35. The highest BCUT2D eigenvalue weighted by Crippen LogP contribution is 2.29. The second-order valence-electron chi connectivity index (χ2n) is 6.42. The molecule has 0 N–H and O–H groups in total. The zero-order valence-electron chi connectivity index (χ0n) is 14.7. The van der Waals surface area contributed by atoms with E-state index < -0.39 is 21.8 Å². The summed E-state index contributed by atoms with van der Waals surface area (Å²) in [5, 5.41) is 0. The van der Waals surface area contributed by atoms with Crippen molar-refractivity contribution >= 4 is 33.0 Å². The molecule has 0 aliphatic carbocycles. The first-order valence-electron chi connectivity index (χ1n) is 8.39. The van der Waals surface area contributed by atoms with Gasteiger partial charge in [-0.2, -0.15) is 4.31 Å². The van der Waals surface area contributed by atoms with Crippen LogP contribution in [0.1, 0.15) is 17.7 Å². The van der Waals surface area contributed by atoms with Crippen molar-refractivity contribution in [2.45, 2.75) is 24.0 Å². The molecule has 26 heavy (non-hydrogen) atoms. The summed E-state index contributed by atoms with van der Waals surface area (Å²) in [4.78, 5) is 15.0. The number of amides is 1. The SMILES string of the molecule is Cc1ccc(S(=O)(=O)N2CCC[C@@H](C(=O)N(C)c3ccccc3F)C2)s1. The lowest BCUT2D eigenvalue weighted by Gasteiger charge is -2.33. The van der Waals surface area contributed by atoms with E-state index >= 15 is 0 Å². The molecule has 1 aliphatic rings. The fourth-order valence-corrected chi connectivity index (χ4v) is 6.12. The first-order chi connectivity index (χ1) is 12.3. The lowest BCUT2D eigenvalue weighted by atomic mass is 9.98. The first kappa shape index (κ1) is 19.0. The molecular weight excluding hydrogens is 375 g/mol. The Morgan fingerprint density at radius 3 is 2.65 bits per heavy atom. The van der Waals surface area contributed by atoms with Gasteiger partial charge in [0.1, 0.15) is 10.0 Å². The number of halogens is 1. The van der Waals surface area contributed by atoms with E-state index in [4.69, 9.17) is 0 Å². The van der Waals surface area contributed by atoms with E-state index in [1.54, 1.807) is 30.3 Å². The predicted molar refractivity (Wildman–Crippen MR) is 100 cm³/mol. The van der Waals surface area contributed by atoms with Crippen LogP contribution < -0.4 is 4.90 Å². The Morgan fingerprint density at radius 1 is 1.27 bits per heavy atom. The predicted octanol–water partition coefficient (Wildman–Crippen LogP) is 3.26. The summed E-state index contributed by atoms with van der Waals surface area (Å²) in [5.74, 6) is -1.22. The van der Waals surface area contributed by atoms with Gasteiger partial charge >= 0.3 is 0 Å². The Morgan fingerprint density at radius 2 is 2.00 bits per heavy atom. The molecule has 140 valence electrons. The molecule has 1 amide bonds. The lowest BCUT2D eigenvalue weighted by Crippen LogP contribution is -2.45. The highest BCUT2D eigenvalue weighted by molar-refractivity contribution is 7.91. The fraction of sp³-hybridized carbons (Fsp3) is 0.389. The van der Waals surface area contributed by atoms with Gasteiger partial charge in [0, 0.05) is 25.0 Å². The Kier molecular flexibility index (Phi) is 5.45. The number of nitrogens with zero attached hydrogens (tertiary/aromatic N) is 2. The molecule has 0 radical (unpaired) electrons. The van der Waals surface area contributed by atoms with Crippen LogP contribution in [-0.2, 0) is 14.8 Å². The van der Waals surface area contributed by atoms with Gasteiger partial charge in [0.2, 0.25) is 5.91 Å². The number of carbonyl (C=O) groups excluding carboxylic acids is 1. The normalized spacial score (nSPS) is 18.7. The van der Waals surface area contributed by atoms with E-state index in [1.165, 1.54) is 33.7 Å². The van der Waals surface area contributed by atoms with Gasteiger partial charge in [0.05, 0.1) is 11.6 Å². The average Bonchev–Trinajstić information content (AvgIpc) is 3.08. The van der Waals surface area contributed by atoms with Gasteiger partial charge in [-0.05, 0) is 44.0 Å². The van der Waals surface area contributed by atoms with Crippen molar-refractivity contribution in [1.82, 2.24) is 4.31 Å². The van der Waals surface area contributed by atoms with Crippen molar-refractivity contribution < 1.29 is 17.6 Å². The van der Waals surface area contributed by atoms with Crippen molar-refractivity contribution in [2.75, 3.05) is 25.0 Å². The smallest absolute Gasteiger partial charge is 0.252 e. The van der Waals surface area contributed by atoms with Gasteiger partial charge < -0.3 is 4.90 Å². The van der Waals surface area contributed by atoms with Crippen LogP contribution in [0.5, 0.6) is 0 Å². The van der Waals surface area contributed by atoms with Crippen LogP contribution in [0.4, 0.5) is 10.1 Å².